The van der Waals surface area contributed by atoms with Crippen molar-refractivity contribution >= 4 is 5.78 Å². The van der Waals surface area contributed by atoms with E-state index in [1.165, 1.54) is 13.2 Å². The molecule has 4 heteroatoms. The standard InChI is InChI=1S/C12H14FNO2/c1-16-12-3-2-8(6-10(12)13)11-7-9(15)4-5-14-11/h2-3,6,11,14H,4-5,7H2,1H3. The van der Waals surface area contributed by atoms with Gasteiger partial charge in [0.15, 0.2) is 11.6 Å². The molecular formula is C12H14FNO2. The summed E-state index contributed by atoms with van der Waals surface area (Å²) >= 11 is 0. The maximum absolute atomic E-state index is 13.5. The quantitative estimate of drug-likeness (QED) is 0.831. The van der Waals surface area contributed by atoms with Gasteiger partial charge in [-0.05, 0) is 17.7 Å². The molecule has 0 amide bonds. The van der Waals surface area contributed by atoms with Crippen LogP contribution in [0.3, 0.4) is 0 Å². The lowest BCUT2D eigenvalue weighted by atomic mass is 9.96. The van der Waals surface area contributed by atoms with Gasteiger partial charge >= 0.3 is 0 Å². The second kappa shape index (κ2) is 4.61. The fourth-order valence-corrected chi connectivity index (χ4v) is 1.92. The molecule has 1 N–H and O–H groups in total. The molecule has 1 saturated heterocycles. The molecule has 0 radical (unpaired) electrons. The summed E-state index contributed by atoms with van der Waals surface area (Å²) in [4.78, 5) is 11.3. The van der Waals surface area contributed by atoms with Crippen molar-refractivity contribution in [1.29, 1.82) is 0 Å². The highest BCUT2D eigenvalue weighted by Crippen LogP contribution is 2.25. The van der Waals surface area contributed by atoms with E-state index in [2.05, 4.69) is 5.32 Å². The summed E-state index contributed by atoms with van der Waals surface area (Å²) in [6.45, 7) is 0.664. The number of rotatable bonds is 2. The Balaban J connectivity index is 2.20. The molecule has 16 heavy (non-hydrogen) atoms. The zero-order valence-electron chi connectivity index (χ0n) is 9.13. The number of piperidine rings is 1. The molecule has 0 saturated carbocycles. The number of benzene rings is 1. The largest absolute Gasteiger partial charge is 0.494 e. The molecule has 1 aliphatic rings. The van der Waals surface area contributed by atoms with Gasteiger partial charge in [-0.3, -0.25) is 4.79 Å². The molecule has 1 fully saturated rings. The zero-order chi connectivity index (χ0) is 11.5. The molecule has 1 aliphatic heterocycles. The van der Waals surface area contributed by atoms with Crippen molar-refractivity contribution in [2.45, 2.75) is 18.9 Å². The lowest BCUT2D eigenvalue weighted by Gasteiger charge is -2.23. The smallest absolute Gasteiger partial charge is 0.165 e. The van der Waals surface area contributed by atoms with Gasteiger partial charge in [0.2, 0.25) is 0 Å². The lowest BCUT2D eigenvalue weighted by Crippen LogP contribution is -2.31. The minimum Gasteiger partial charge on any atom is -0.494 e. The van der Waals surface area contributed by atoms with Crippen LogP contribution < -0.4 is 10.1 Å². The molecule has 0 aliphatic carbocycles. The SMILES string of the molecule is COc1ccc(C2CC(=O)CCN2)cc1F. The summed E-state index contributed by atoms with van der Waals surface area (Å²) in [5.41, 5.74) is 0.798. The van der Waals surface area contributed by atoms with E-state index in [0.29, 0.717) is 19.4 Å². The maximum Gasteiger partial charge on any atom is 0.165 e. The molecule has 0 aromatic heterocycles. The van der Waals surface area contributed by atoms with Gasteiger partial charge in [0.25, 0.3) is 0 Å². The minimum atomic E-state index is -0.389. The summed E-state index contributed by atoms with van der Waals surface area (Å²) in [5.74, 6) is 0.0608. The maximum atomic E-state index is 13.5. The number of halogens is 1. The second-order valence-corrected chi connectivity index (χ2v) is 3.89. The van der Waals surface area contributed by atoms with Gasteiger partial charge in [0.1, 0.15) is 5.78 Å². The summed E-state index contributed by atoms with van der Waals surface area (Å²) in [6.07, 6.45) is 1.00. The van der Waals surface area contributed by atoms with Crippen LogP contribution in [0.1, 0.15) is 24.4 Å². The van der Waals surface area contributed by atoms with Gasteiger partial charge in [-0.2, -0.15) is 0 Å². The van der Waals surface area contributed by atoms with E-state index in [1.54, 1.807) is 12.1 Å². The Morgan fingerprint density at radius 2 is 2.31 bits per heavy atom. The first-order valence-corrected chi connectivity index (χ1v) is 5.29. The molecule has 86 valence electrons. The molecule has 2 rings (SSSR count). The van der Waals surface area contributed by atoms with Gasteiger partial charge in [0.05, 0.1) is 7.11 Å². The number of Topliss-reactive ketones (excluding diaryl/α,β-unsaturated/α-hetero) is 1. The Hall–Kier alpha value is -1.42. The van der Waals surface area contributed by atoms with Gasteiger partial charge < -0.3 is 10.1 Å². The Morgan fingerprint density at radius 3 is 2.94 bits per heavy atom. The third-order valence-electron chi connectivity index (χ3n) is 2.80. The molecule has 0 spiro atoms. The van der Waals surface area contributed by atoms with Crippen LogP contribution in [0.2, 0.25) is 0 Å². The number of ketones is 1. The zero-order valence-corrected chi connectivity index (χ0v) is 9.13. The topological polar surface area (TPSA) is 38.3 Å². The van der Waals surface area contributed by atoms with Crippen LogP contribution in [0.5, 0.6) is 5.75 Å². The second-order valence-electron chi connectivity index (χ2n) is 3.89. The Kier molecular flexibility index (Phi) is 3.19. The first-order chi connectivity index (χ1) is 7.70. The monoisotopic (exact) mass is 223 g/mol. The Bertz CT molecular complexity index is 406. The van der Waals surface area contributed by atoms with Crippen molar-refractivity contribution in [2.75, 3.05) is 13.7 Å². The van der Waals surface area contributed by atoms with Gasteiger partial charge in [-0.25, -0.2) is 4.39 Å². The van der Waals surface area contributed by atoms with E-state index >= 15 is 0 Å². The van der Waals surface area contributed by atoms with Crippen molar-refractivity contribution in [2.24, 2.45) is 0 Å². The van der Waals surface area contributed by atoms with E-state index in [4.69, 9.17) is 4.74 Å². The van der Waals surface area contributed by atoms with E-state index in [9.17, 15) is 9.18 Å². The number of hydrogen-bond donors (Lipinski definition) is 1. The third-order valence-corrected chi connectivity index (χ3v) is 2.80. The van der Waals surface area contributed by atoms with Gasteiger partial charge in [-0.1, -0.05) is 6.07 Å². The lowest BCUT2D eigenvalue weighted by molar-refractivity contribution is -0.120. The van der Waals surface area contributed by atoms with Crippen LogP contribution in [0.25, 0.3) is 0 Å². The molecule has 1 aromatic carbocycles. The fourth-order valence-electron chi connectivity index (χ4n) is 1.92. The molecule has 1 unspecified atom stereocenters. The predicted molar refractivity (Wildman–Crippen MR) is 57.9 cm³/mol. The van der Waals surface area contributed by atoms with Crippen LogP contribution in [0.15, 0.2) is 18.2 Å². The van der Waals surface area contributed by atoms with Crippen molar-refractivity contribution in [1.82, 2.24) is 5.32 Å². The van der Waals surface area contributed by atoms with Gasteiger partial charge in [0, 0.05) is 25.4 Å². The average molecular weight is 223 g/mol. The third kappa shape index (κ3) is 2.22. The fraction of sp³-hybridized carbons (Fsp3) is 0.417. The van der Waals surface area contributed by atoms with Crippen LogP contribution >= 0.6 is 0 Å². The first kappa shape index (κ1) is 11.1. The van der Waals surface area contributed by atoms with Crippen LogP contribution in [0.4, 0.5) is 4.39 Å². The number of methoxy groups -OCH3 is 1. The highest BCUT2D eigenvalue weighted by molar-refractivity contribution is 5.80. The highest BCUT2D eigenvalue weighted by atomic mass is 19.1. The van der Waals surface area contributed by atoms with E-state index in [1.807, 2.05) is 0 Å². The first-order valence-electron chi connectivity index (χ1n) is 5.29. The number of hydrogen-bond acceptors (Lipinski definition) is 3. The number of carbonyl (C=O) groups excluding carboxylic acids is 1. The molecule has 1 aromatic rings. The number of carbonyl (C=O) groups is 1. The van der Waals surface area contributed by atoms with E-state index in [0.717, 1.165) is 5.56 Å². The Labute approximate surface area is 93.6 Å². The minimum absolute atomic E-state index is 0.0679. The average Bonchev–Trinajstić information content (AvgIpc) is 2.29. The van der Waals surface area contributed by atoms with Crippen molar-refractivity contribution in [3.63, 3.8) is 0 Å². The van der Waals surface area contributed by atoms with Crippen LogP contribution in [0, 0.1) is 5.82 Å². The normalized spacial score (nSPS) is 20.9. The summed E-state index contributed by atoms with van der Waals surface area (Å²) in [7, 11) is 1.43. The predicted octanol–water partition coefficient (Wildman–Crippen LogP) is 1.83. The number of nitrogens with one attached hydrogen (secondary N) is 1. The Morgan fingerprint density at radius 1 is 1.50 bits per heavy atom. The molecule has 3 nitrogen and oxygen atoms in total. The van der Waals surface area contributed by atoms with Crippen LogP contribution in [-0.2, 0) is 4.79 Å². The van der Waals surface area contributed by atoms with Crippen molar-refractivity contribution < 1.29 is 13.9 Å². The van der Waals surface area contributed by atoms with E-state index < -0.39 is 0 Å². The molecule has 1 atom stereocenters. The summed E-state index contributed by atoms with van der Waals surface area (Å²) < 4.78 is 18.3. The van der Waals surface area contributed by atoms with Crippen molar-refractivity contribution in [3.05, 3.63) is 29.6 Å². The number of ether oxygens (including phenoxy) is 1. The van der Waals surface area contributed by atoms with Gasteiger partial charge in [-0.15, -0.1) is 0 Å². The molecule has 1 heterocycles. The highest BCUT2D eigenvalue weighted by Gasteiger charge is 2.21. The molecule has 0 bridgehead atoms. The van der Waals surface area contributed by atoms with Crippen LogP contribution in [-0.4, -0.2) is 19.4 Å². The van der Waals surface area contributed by atoms with Crippen molar-refractivity contribution in [3.8, 4) is 5.75 Å². The summed E-state index contributed by atoms with van der Waals surface area (Å²) in [6, 6.07) is 4.74. The molecular weight excluding hydrogens is 209 g/mol. The van der Waals surface area contributed by atoms with E-state index in [-0.39, 0.29) is 23.4 Å². The summed E-state index contributed by atoms with van der Waals surface area (Å²) in [5, 5.41) is 3.20.